The van der Waals surface area contributed by atoms with E-state index in [0.717, 1.165) is 28.9 Å². The Labute approximate surface area is 187 Å². The van der Waals surface area contributed by atoms with Crippen LogP contribution in [0.5, 0.6) is 0 Å². The summed E-state index contributed by atoms with van der Waals surface area (Å²) < 4.78 is 0. The van der Waals surface area contributed by atoms with Gasteiger partial charge in [0.1, 0.15) is 12.1 Å². The number of nitrogens with zero attached hydrogens (tertiary/aromatic N) is 1. The molecule has 1 heterocycles. The number of imide groups is 2. The van der Waals surface area contributed by atoms with Crippen molar-refractivity contribution in [1.82, 2.24) is 15.5 Å². The smallest absolute Gasteiger partial charge is 0.319 e. The molecule has 3 rings (SSSR count). The molecule has 32 heavy (non-hydrogen) atoms. The fourth-order valence-electron chi connectivity index (χ4n) is 3.74. The van der Waals surface area contributed by atoms with E-state index in [0.29, 0.717) is 17.7 Å². The molecule has 0 saturated carbocycles. The van der Waals surface area contributed by atoms with Crippen LogP contribution in [0.3, 0.4) is 0 Å². The molecule has 0 aliphatic carbocycles. The molecule has 1 aliphatic rings. The van der Waals surface area contributed by atoms with Gasteiger partial charge in [-0.2, -0.15) is 0 Å². The molecule has 1 aliphatic heterocycles. The van der Waals surface area contributed by atoms with Crippen molar-refractivity contribution in [3.63, 3.8) is 0 Å². The molecular weight excluding hydrogens is 408 g/mol. The van der Waals surface area contributed by atoms with Gasteiger partial charge < -0.3 is 10.6 Å². The van der Waals surface area contributed by atoms with E-state index in [1.165, 1.54) is 0 Å². The van der Waals surface area contributed by atoms with Crippen LogP contribution in [0, 0.1) is 13.8 Å². The van der Waals surface area contributed by atoms with Crippen molar-refractivity contribution < 1.29 is 19.2 Å². The molecule has 168 valence electrons. The Morgan fingerprint density at radius 3 is 2.41 bits per heavy atom. The molecule has 0 bridgehead atoms. The molecule has 1 saturated heterocycles. The molecule has 0 aromatic heterocycles. The van der Waals surface area contributed by atoms with E-state index in [1.807, 2.05) is 32.9 Å². The van der Waals surface area contributed by atoms with E-state index in [9.17, 15) is 19.2 Å². The molecule has 1 unspecified atom stereocenters. The quantitative estimate of drug-likeness (QED) is 0.577. The van der Waals surface area contributed by atoms with Crippen LogP contribution in [0.25, 0.3) is 0 Å². The van der Waals surface area contributed by atoms with Crippen molar-refractivity contribution in [2.24, 2.45) is 0 Å². The second kappa shape index (κ2) is 9.64. The summed E-state index contributed by atoms with van der Waals surface area (Å²) in [4.78, 5) is 51.4. The maximum absolute atomic E-state index is 13.3. The first-order valence-electron chi connectivity index (χ1n) is 10.6. The average molecular weight is 437 g/mol. The third kappa shape index (κ3) is 4.80. The van der Waals surface area contributed by atoms with Crippen molar-refractivity contribution in [2.45, 2.75) is 45.6 Å². The lowest BCUT2D eigenvalue weighted by molar-refractivity contribution is -0.135. The molecule has 3 N–H and O–H groups in total. The number of carbonyl (C=O) groups is 4. The minimum absolute atomic E-state index is 0.420. The Morgan fingerprint density at radius 1 is 1.03 bits per heavy atom. The summed E-state index contributed by atoms with van der Waals surface area (Å²) in [5.41, 5.74) is 2.07. The lowest BCUT2D eigenvalue weighted by atomic mass is 9.85. The van der Waals surface area contributed by atoms with Crippen LogP contribution < -0.4 is 16.0 Å². The monoisotopic (exact) mass is 436 g/mol. The van der Waals surface area contributed by atoms with Gasteiger partial charge in [-0.05, 0) is 49.1 Å². The highest BCUT2D eigenvalue weighted by Gasteiger charge is 2.52. The number of hydrogen-bond acceptors (Lipinski definition) is 4. The molecule has 0 radical (unpaired) electrons. The Balaban J connectivity index is 1.69. The van der Waals surface area contributed by atoms with Gasteiger partial charge >= 0.3 is 12.1 Å². The maximum Gasteiger partial charge on any atom is 0.325 e. The normalized spacial score (nSPS) is 17.8. The summed E-state index contributed by atoms with van der Waals surface area (Å²) in [7, 11) is 0. The summed E-state index contributed by atoms with van der Waals surface area (Å²) >= 11 is 0. The largest absolute Gasteiger partial charge is 0.325 e. The Morgan fingerprint density at radius 2 is 1.75 bits per heavy atom. The topological polar surface area (TPSA) is 108 Å². The van der Waals surface area contributed by atoms with Gasteiger partial charge in [-0.1, -0.05) is 56.2 Å². The fourth-order valence-corrected chi connectivity index (χ4v) is 3.74. The first kappa shape index (κ1) is 23.0. The van der Waals surface area contributed by atoms with Crippen molar-refractivity contribution >= 4 is 29.6 Å². The zero-order valence-electron chi connectivity index (χ0n) is 18.5. The summed E-state index contributed by atoms with van der Waals surface area (Å²) in [6.45, 7) is 5.32. The number of nitrogens with one attached hydrogen (secondary N) is 3. The van der Waals surface area contributed by atoms with Crippen LogP contribution in [0.2, 0.25) is 0 Å². The summed E-state index contributed by atoms with van der Waals surface area (Å²) in [6.07, 6.45) is 1.99. The molecule has 1 fully saturated rings. The minimum atomic E-state index is -1.21. The number of aryl methyl sites for hydroxylation is 2. The number of urea groups is 2. The van der Waals surface area contributed by atoms with Crippen LogP contribution in [0.1, 0.15) is 42.9 Å². The van der Waals surface area contributed by atoms with Crippen molar-refractivity contribution in [3.8, 4) is 0 Å². The van der Waals surface area contributed by atoms with Gasteiger partial charge in [0.05, 0.1) is 0 Å². The molecule has 6 amide bonds. The highest BCUT2D eigenvalue weighted by atomic mass is 16.2. The summed E-state index contributed by atoms with van der Waals surface area (Å²) in [6, 6.07) is 13.0. The van der Waals surface area contributed by atoms with Gasteiger partial charge in [-0.3, -0.25) is 19.8 Å². The third-order valence-corrected chi connectivity index (χ3v) is 5.67. The summed E-state index contributed by atoms with van der Waals surface area (Å²) in [5, 5.41) is 7.55. The Hall–Kier alpha value is -3.68. The van der Waals surface area contributed by atoms with Crippen molar-refractivity contribution in [1.29, 1.82) is 0 Å². The number of hydrogen-bond donors (Lipinski definition) is 3. The van der Waals surface area contributed by atoms with Gasteiger partial charge in [-0.25, -0.2) is 9.59 Å². The Bertz CT molecular complexity index is 1040. The minimum Gasteiger partial charge on any atom is -0.319 e. The van der Waals surface area contributed by atoms with Crippen LogP contribution >= 0.6 is 0 Å². The molecule has 8 heteroatoms. The lowest BCUT2D eigenvalue weighted by Gasteiger charge is -2.27. The number of benzene rings is 2. The zero-order chi connectivity index (χ0) is 23.3. The van der Waals surface area contributed by atoms with Crippen LogP contribution in [0.4, 0.5) is 15.3 Å². The molecule has 2 aromatic rings. The van der Waals surface area contributed by atoms with E-state index < -0.39 is 36.0 Å². The van der Waals surface area contributed by atoms with Gasteiger partial charge in [0.25, 0.3) is 5.91 Å². The highest BCUT2D eigenvalue weighted by Crippen LogP contribution is 2.34. The van der Waals surface area contributed by atoms with Gasteiger partial charge in [-0.15, -0.1) is 0 Å². The van der Waals surface area contributed by atoms with E-state index in [-0.39, 0.29) is 0 Å². The second-order valence-electron chi connectivity index (χ2n) is 8.00. The number of unbranched alkanes of at least 4 members (excludes halogenated alkanes) is 1. The van der Waals surface area contributed by atoms with E-state index in [4.69, 9.17) is 0 Å². The second-order valence-corrected chi connectivity index (χ2v) is 8.00. The number of amides is 6. The number of anilines is 1. The standard InChI is InChI=1S/C24H28N4O4/c1-4-5-13-24(18-9-7-6-8-10-18)21(30)28(23(32)27-24)15-20(29)26-22(31)25-19-12-11-16(2)17(3)14-19/h6-12,14H,4-5,13,15H2,1-3H3,(H,27,32)(H2,25,26,29,31). The first-order chi connectivity index (χ1) is 15.3. The number of carbonyl (C=O) groups excluding carboxylic acids is 4. The van der Waals surface area contributed by atoms with E-state index in [2.05, 4.69) is 16.0 Å². The molecular formula is C24H28N4O4. The van der Waals surface area contributed by atoms with Crippen molar-refractivity contribution in [3.05, 3.63) is 65.2 Å². The Kier molecular flexibility index (Phi) is 6.92. The van der Waals surface area contributed by atoms with Gasteiger partial charge in [0, 0.05) is 5.69 Å². The van der Waals surface area contributed by atoms with Crippen LogP contribution in [-0.2, 0) is 15.1 Å². The highest BCUT2D eigenvalue weighted by molar-refractivity contribution is 6.11. The summed E-state index contributed by atoms with van der Waals surface area (Å²) in [5.74, 6) is -1.25. The SMILES string of the molecule is CCCCC1(c2ccccc2)NC(=O)N(CC(=O)NC(=O)Nc2ccc(C)c(C)c2)C1=O. The molecule has 2 aromatic carbocycles. The van der Waals surface area contributed by atoms with Gasteiger partial charge in [0.15, 0.2) is 0 Å². The molecule has 0 spiro atoms. The van der Waals surface area contributed by atoms with Crippen molar-refractivity contribution in [2.75, 3.05) is 11.9 Å². The average Bonchev–Trinajstić information content (AvgIpc) is 3.00. The first-order valence-corrected chi connectivity index (χ1v) is 10.6. The number of rotatable bonds is 7. The van der Waals surface area contributed by atoms with Crippen LogP contribution in [0.15, 0.2) is 48.5 Å². The van der Waals surface area contributed by atoms with Crippen LogP contribution in [-0.4, -0.2) is 35.3 Å². The maximum atomic E-state index is 13.3. The van der Waals surface area contributed by atoms with E-state index in [1.54, 1.807) is 36.4 Å². The fraction of sp³-hybridized carbons (Fsp3) is 0.333. The third-order valence-electron chi connectivity index (χ3n) is 5.67. The zero-order valence-corrected chi connectivity index (χ0v) is 18.5. The molecule has 1 atom stereocenters. The molecule has 8 nitrogen and oxygen atoms in total. The van der Waals surface area contributed by atoms with Gasteiger partial charge in [0.2, 0.25) is 5.91 Å². The lowest BCUT2D eigenvalue weighted by Crippen LogP contribution is -2.46. The predicted octanol–water partition coefficient (Wildman–Crippen LogP) is 3.59. The predicted molar refractivity (Wildman–Crippen MR) is 121 cm³/mol. The van der Waals surface area contributed by atoms with E-state index >= 15 is 0 Å².